The van der Waals surface area contributed by atoms with Gasteiger partial charge in [-0.2, -0.15) is 5.10 Å². The molecule has 2 N–H and O–H groups in total. The Morgan fingerprint density at radius 3 is 2.44 bits per heavy atom. The van der Waals surface area contributed by atoms with Gasteiger partial charge in [0.25, 0.3) is 0 Å². The molecule has 2 rings (SSSR count). The van der Waals surface area contributed by atoms with Crippen LogP contribution in [0.25, 0.3) is 5.69 Å². The molecule has 5 heteroatoms. The molecule has 4 nitrogen and oxygen atoms in total. The first-order chi connectivity index (χ1) is 7.58. The predicted molar refractivity (Wildman–Crippen MR) is 62.9 cm³/mol. The lowest BCUT2D eigenvalue weighted by Crippen LogP contribution is -2.32. The summed E-state index contributed by atoms with van der Waals surface area (Å²) in [6.07, 6.45) is 1.87. The molecule has 0 saturated heterocycles. The Balaban J connectivity index is 2.42. The van der Waals surface area contributed by atoms with Crippen LogP contribution >= 0.6 is 0 Å². The van der Waals surface area contributed by atoms with Crippen LogP contribution in [0.2, 0.25) is 0 Å². The van der Waals surface area contributed by atoms with Gasteiger partial charge in [0.15, 0.2) is 0 Å². The van der Waals surface area contributed by atoms with Crippen molar-refractivity contribution in [3.8, 4) is 5.69 Å². The summed E-state index contributed by atoms with van der Waals surface area (Å²) in [6.45, 7) is 3.77. The molecule has 1 heterocycles. The zero-order valence-electron chi connectivity index (χ0n) is 9.25. The average Bonchev–Trinajstić information content (AvgIpc) is 2.64. The van der Waals surface area contributed by atoms with E-state index in [1.54, 1.807) is 10.7 Å². The second-order valence-corrected chi connectivity index (χ2v) is 3.82. The van der Waals surface area contributed by atoms with Crippen LogP contribution < -0.4 is 5.46 Å². The summed E-state index contributed by atoms with van der Waals surface area (Å²) in [4.78, 5) is 0. The highest BCUT2D eigenvalue weighted by Gasteiger charge is 2.14. The van der Waals surface area contributed by atoms with Crippen LogP contribution in [0.15, 0.2) is 30.5 Å². The van der Waals surface area contributed by atoms with Gasteiger partial charge >= 0.3 is 7.12 Å². The van der Waals surface area contributed by atoms with Gasteiger partial charge in [0, 0.05) is 6.20 Å². The second-order valence-electron chi connectivity index (χ2n) is 3.82. The van der Waals surface area contributed by atoms with Crippen molar-refractivity contribution >= 4 is 12.6 Å². The zero-order chi connectivity index (χ0) is 11.7. The molecule has 0 spiro atoms. The number of hydrogen-bond donors (Lipinski definition) is 2. The van der Waals surface area contributed by atoms with Crippen LogP contribution in [0.1, 0.15) is 11.3 Å². The standard InChI is InChI=1S/C11H13BN2O2/c1-8-7-10(3-4-11(8)12(15)16)14-6-5-9(2)13-14/h3-7,15-16H,1-2H3. The minimum atomic E-state index is -1.42. The highest BCUT2D eigenvalue weighted by molar-refractivity contribution is 6.59. The minimum absolute atomic E-state index is 0.521. The van der Waals surface area contributed by atoms with Crippen LogP contribution in [0.4, 0.5) is 0 Å². The van der Waals surface area contributed by atoms with Crippen LogP contribution in [-0.4, -0.2) is 26.9 Å². The smallest absolute Gasteiger partial charge is 0.423 e. The Kier molecular flexibility index (Phi) is 2.81. The van der Waals surface area contributed by atoms with E-state index in [0.717, 1.165) is 16.9 Å². The lowest BCUT2D eigenvalue weighted by molar-refractivity contribution is 0.425. The maximum atomic E-state index is 9.10. The Bertz CT molecular complexity index is 508. The number of aromatic nitrogens is 2. The summed E-state index contributed by atoms with van der Waals surface area (Å²) in [5.74, 6) is 0. The van der Waals surface area contributed by atoms with Gasteiger partial charge in [-0.15, -0.1) is 0 Å². The molecule has 0 fully saturated rings. The van der Waals surface area contributed by atoms with E-state index in [4.69, 9.17) is 10.0 Å². The van der Waals surface area contributed by atoms with Crippen LogP contribution in [0, 0.1) is 13.8 Å². The number of aryl methyl sites for hydroxylation is 2. The molecule has 0 bridgehead atoms. The fourth-order valence-corrected chi connectivity index (χ4v) is 1.65. The quantitative estimate of drug-likeness (QED) is 0.703. The molecular formula is C11H13BN2O2. The van der Waals surface area contributed by atoms with Crippen LogP contribution in [0.3, 0.4) is 0 Å². The van der Waals surface area contributed by atoms with E-state index in [9.17, 15) is 0 Å². The van der Waals surface area contributed by atoms with E-state index in [-0.39, 0.29) is 0 Å². The van der Waals surface area contributed by atoms with Gasteiger partial charge in [-0.05, 0) is 43.1 Å². The summed E-state index contributed by atoms with van der Waals surface area (Å²) in [5, 5.41) is 22.5. The summed E-state index contributed by atoms with van der Waals surface area (Å²) in [6, 6.07) is 7.31. The monoisotopic (exact) mass is 216 g/mol. The maximum Gasteiger partial charge on any atom is 0.488 e. The SMILES string of the molecule is Cc1ccn(-c2ccc(B(O)O)c(C)c2)n1. The first-order valence-corrected chi connectivity index (χ1v) is 5.07. The largest absolute Gasteiger partial charge is 0.488 e. The fourth-order valence-electron chi connectivity index (χ4n) is 1.65. The highest BCUT2D eigenvalue weighted by atomic mass is 16.4. The normalized spacial score (nSPS) is 10.5. The van der Waals surface area contributed by atoms with E-state index < -0.39 is 7.12 Å². The molecule has 0 atom stereocenters. The fraction of sp³-hybridized carbons (Fsp3) is 0.182. The van der Waals surface area contributed by atoms with Crippen molar-refractivity contribution in [2.24, 2.45) is 0 Å². The van der Waals surface area contributed by atoms with Gasteiger partial charge in [0.2, 0.25) is 0 Å². The van der Waals surface area contributed by atoms with Gasteiger partial charge in [0.05, 0.1) is 11.4 Å². The molecule has 0 amide bonds. The summed E-state index contributed by atoms with van der Waals surface area (Å²) < 4.78 is 1.76. The lowest BCUT2D eigenvalue weighted by Gasteiger charge is -2.07. The third kappa shape index (κ3) is 2.00. The molecule has 1 aromatic heterocycles. The molecule has 16 heavy (non-hydrogen) atoms. The van der Waals surface area contributed by atoms with Crippen molar-refractivity contribution in [3.05, 3.63) is 41.7 Å². The van der Waals surface area contributed by atoms with Crippen molar-refractivity contribution in [1.29, 1.82) is 0 Å². The van der Waals surface area contributed by atoms with Crippen LogP contribution in [0.5, 0.6) is 0 Å². The maximum absolute atomic E-state index is 9.10. The minimum Gasteiger partial charge on any atom is -0.423 e. The molecule has 0 saturated carbocycles. The Hall–Kier alpha value is -1.59. The Morgan fingerprint density at radius 2 is 1.94 bits per heavy atom. The molecule has 82 valence electrons. The van der Waals surface area contributed by atoms with Crippen molar-refractivity contribution in [2.75, 3.05) is 0 Å². The zero-order valence-corrected chi connectivity index (χ0v) is 9.25. The number of benzene rings is 1. The Labute approximate surface area is 94.3 Å². The summed E-state index contributed by atoms with van der Waals surface area (Å²) >= 11 is 0. The van der Waals surface area contributed by atoms with Crippen molar-refractivity contribution < 1.29 is 10.0 Å². The van der Waals surface area contributed by atoms with E-state index in [0.29, 0.717) is 5.46 Å². The number of hydrogen-bond acceptors (Lipinski definition) is 3. The molecule has 0 unspecified atom stereocenters. The summed E-state index contributed by atoms with van der Waals surface area (Å²) in [5.41, 5.74) is 3.22. The van der Waals surface area contributed by atoms with Gasteiger partial charge in [-0.3, -0.25) is 0 Å². The van der Waals surface area contributed by atoms with E-state index >= 15 is 0 Å². The topological polar surface area (TPSA) is 58.3 Å². The molecule has 0 aliphatic rings. The molecule has 0 aliphatic heterocycles. The average molecular weight is 216 g/mol. The van der Waals surface area contributed by atoms with Gasteiger partial charge < -0.3 is 10.0 Å². The highest BCUT2D eigenvalue weighted by Crippen LogP contribution is 2.08. The molecule has 1 aromatic carbocycles. The third-order valence-electron chi connectivity index (χ3n) is 2.52. The molecule has 0 radical (unpaired) electrons. The first kappa shape index (κ1) is 10.9. The molecule has 2 aromatic rings. The first-order valence-electron chi connectivity index (χ1n) is 5.07. The third-order valence-corrected chi connectivity index (χ3v) is 2.52. The van der Waals surface area contributed by atoms with E-state index in [2.05, 4.69) is 5.10 Å². The van der Waals surface area contributed by atoms with Gasteiger partial charge in [-0.25, -0.2) is 4.68 Å². The number of rotatable bonds is 2. The predicted octanol–water partition coefficient (Wildman–Crippen LogP) is 0.169. The number of nitrogens with zero attached hydrogens (tertiary/aromatic N) is 2. The van der Waals surface area contributed by atoms with Gasteiger partial charge in [-0.1, -0.05) is 6.07 Å². The molecule has 0 aliphatic carbocycles. The van der Waals surface area contributed by atoms with E-state index in [1.165, 1.54) is 0 Å². The van der Waals surface area contributed by atoms with Crippen LogP contribution in [-0.2, 0) is 0 Å². The van der Waals surface area contributed by atoms with Crippen molar-refractivity contribution in [2.45, 2.75) is 13.8 Å². The Morgan fingerprint density at radius 1 is 1.19 bits per heavy atom. The summed E-state index contributed by atoms with van der Waals surface area (Å²) in [7, 11) is -1.42. The van der Waals surface area contributed by atoms with Crippen molar-refractivity contribution in [3.63, 3.8) is 0 Å². The van der Waals surface area contributed by atoms with E-state index in [1.807, 2.05) is 38.2 Å². The molecular weight excluding hydrogens is 203 g/mol. The second kappa shape index (κ2) is 4.12. The van der Waals surface area contributed by atoms with Gasteiger partial charge in [0.1, 0.15) is 0 Å². The lowest BCUT2D eigenvalue weighted by atomic mass is 9.77. The van der Waals surface area contributed by atoms with Crippen molar-refractivity contribution in [1.82, 2.24) is 9.78 Å².